The number of sulfonamides is 1. The van der Waals surface area contributed by atoms with Gasteiger partial charge in [-0.3, -0.25) is 4.79 Å². The monoisotopic (exact) mass is 470 g/mol. The van der Waals surface area contributed by atoms with Crippen molar-refractivity contribution in [1.82, 2.24) is 4.72 Å². The summed E-state index contributed by atoms with van der Waals surface area (Å²) in [6.45, 7) is 1.37. The second-order valence-corrected chi connectivity index (χ2v) is 8.84. The lowest BCUT2D eigenvalue weighted by molar-refractivity contribution is -0.117. The molecular weight excluding hydrogens is 448 g/mol. The summed E-state index contributed by atoms with van der Waals surface area (Å²) in [6.07, 6.45) is 0. The lowest BCUT2D eigenvalue weighted by Gasteiger charge is -2.16. The van der Waals surface area contributed by atoms with E-state index in [4.69, 9.17) is 0 Å². The first kappa shape index (κ1) is 23.9. The van der Waals surface area contributed by atoms with Crippen molar-refractivity contribution in [3.63, 3.8) is 0 Å². The molecule has 0 aliphatic carbocycles. The number of benzene rings is 3. The average Bonchev–Trinajstić information content (AvgIpc) is 2.82. The topological polar surface area (TPSA) is 128 Å². The van der Waals surface area contributed by atoms with Crippen LogP contribution < -0.4 is 10.0 Å². The highest BCUT2D eigenvalue weighted by molar-refractivity contribution is 7.89. The highest BCUT2D eigenvalue weighted by Crippen LogP contribution is 2.20. The number of hydrogen-bond acceptors (Lipinski definition) is 7. The summed E-state index contributed by atoms with van der Waals surface area (Å²) in [4.78, 5) is 36.5. The Morgan fingerprint density at radius 3 is 1.97 bits per heavy atom. The highest BCUT2D eigenvalue weighted by Gasteiger charge is 2.23. The van der Waals surface area contributed by atoms with Crippen molar-refractivity contribution in [2.75, 3.05) is 19.5 Å². The zero-order valence-electron chi connectivity index (χ0n) is 18.1. The van der Waals surface area contributed by atoms with E-state index in [9.17, 15) is 22.8 Å². The van der Waals surface area contributed by atoms with Crippen molar-refractivity contribution in [1.29, 1.82) is 0 Å². The van der Waals surface area contributed by atoms with Gasteiger partial charge in [0.2, 0.25) is 15.9 Å². The minimum atomic E-state index is -4.00. The Morgan fingerprint density at radius 1 is 0.818 bits per heavy atom. The average molecular weight is 471 g/mol. The first-order chi connectivity index (χ1) is 15.6. The van der Waals surface area contributed by atoms with Crippen molar-refractivity contribution in [2.24, 2.45) is 0 Å². The van der Waals surface area contributed by atoms with E-state index in [0.29, 0.717) is 0 Å². The summed E-state index contributed by atoms with van der Waals surface area (Å²) in [5.74, 6) is -2.14. The van der Waals surface area contributed by atoms with E-state index in [2.05, 4.69) is 19.5 Å². The standard InChI is InChI=1S/C23H22N2O7S/c1-14(25-33(29,30)20-9-8-15-6-4-5-7-16(15)13-20)21(26)24-19-11-17(22(27)31-2)10-18(12-19)23(28)32-3/h4-14,25H,1-3H3,(H,24,26)/t14-/m0/s1. The molecule has 0 saturated carbocycles. The Morgan fingerprint density at radius 2 is 1.39 bits per heavy atom. The highest BCUT2D eigenvalue weighted by atomic mass is 32.2. The molecule has 0 saturated heterocycles. The quantitative estimate of drug-likeness (QED) is 0.508. The molecule has 9 nitrogen and oxygen atoms in total. The molecule has 3 rings (SSSR count). The fourth-order valence-corrected chi connectivity index (χ4v) is 4.35. The van der Waals surface area contributed by atoms with Crippen LogP contribution in [0.3, 0.4) is 0 Å². The van der Waals surface area contributed by atoms with Gasteiger partial charge < -0.3 is 14.8 Å². The minimum absolute atomic E-state index is 0.0140. The molecule has 0 aliphatic heterocycles. The summed E-state index contributed by atoms with van der Waals surface area (Å²) in [5, 5.41) is 4.13. The van der Waals surface area contributed by atoms with Crippen LogP contribution in [-0.4, -0.2) is 46.5 Å². The van der Waals surface area contributed by atoms with E-state index in [0.717, 1.165) is 10.8 Å². The maximum Gasteiger partial charge on any atom is 0.337 e. The van der Waals surface area contributed by atoms with Gasteiger partial charge in [-0.1, -0.05) is 30.3 Å². The summed E-state index contributed by atoms with van der Waals surface area (Å²) in [6, 6.07) is 14.7. The van der Waals surface area contributed by atoms with Gasteiger partial charge in [0.1, 0.15) is 0 Å². The Hall–Kier alpha value is -3.76. The van der Waals surface area contributed by atoms with E-state index >= 15 is 0 Å². The molecule has 0 fully saturated rings. The maximum absolute atomic E-state index is 12.8. The molecule has 0 bridgehead atoms. The first-order valence-electron chi connectivity index (χ1n) is 9.78. The Kier molecular flexibility index (Phi) is 7.10. The molecule has 2 N–H and O–H groups in total. The van der Waals surface area contributed by atoms with Crippen molar-refractivity contribution in [2.45, 2.75) is 17.9 Å². The molecule has 1 amide bonds. The van der Waals surface area contributed by atoms with E-state index in [1.54, 1.807) is 18.2 Å². The molecule has 0 spiro atoms. The predicted molar refractivity (Wildman–Crippen MR) is 121 cm³/mol. The number of nitrogens with one attached hydrogen (secondary N) is 2. The number of rotatable bonds is 7. The molecule has 0 aliphatic rings. The summed E-state index contributed by atoms with van der Waals surface area (Å²) in [5.41, 5.74) is 0.125. The summed E-state index contributed by atoms with van der Waals surface area (Å²) in [7, 11) is -1.65. The SMILES string of the molecule is COC(=O)c1cc(NC(=O)[C@H](C)NS(=O)(=O)c2ccc3ccccc3c2)cc(C(=O)OC)c1. The molecule has 0 heterocycles. The molecule has 1 atom stereocenters. The van der Waals surface area contributed by atoms with E-state index in [-0.39, 0.29) is 21.7 Å². The lowest BCUT2D eigenvalue weighted by atomic mass is 10.1. The number of anilines is 1. The first-order valence-corrected chi connectivity index (χ1v) is 11.3. The van der Waals surface area contributed by atoms with Crippen molar-refractivity contribution >= 4 is 44.3 Å². The van der Waals surface area contributed by atoms with Crippen LogP contribution in [0.15, 0.2) is 65.6 Å². The van der Waals surface area contributed by atoms with Crippen molar-refractivity contribution in [3.05, 3.63) is 71.8 Å². The zero-order valence-corrected chi connectivity index (χ0v) is 18.9. The molecule has 0 aromatic heterocycles. The number of carbonyl (C=O) groups is 3. The summed E-state index contributed by atoms with van der Waals surface area (Å²) < 4.78 is 37.2. The Bertz CT molecular complexity index is 1300. The molecule has 0 unspecified atom stereocenters. The number of hydrogen-bond donors (Lipinski definition) is 2. The number of methoxy groups -OCH3 is 2. The van der Waals surface area contributed by atoms with Gasteiger partial charge in [0.25, 0.3) is 0 Å². The van der Waals surface area contributed by atoms with Crippen molar-refractivity contribution < 1.29 is 32.3 Å². The van der Waals surface area contributed by atoms with Crippen LogP contribution in [0.2, 0.25) is 0 Å². The Labute approximate surface area is 190 Å². The number of ether oxygens (including phenoxy) is 2. The third kappa shape index (κ3) is 5.54. The summed E-state index contributed by atoms with van der Waals surface area (Å²) >= 11 is 0. The second kappa shape index (κ2) is 9.80. The second-order valence-electron chi connectivity index (χ2n) is 7.12. The number of fused-ring (bicyclic) bond motifs is 1. The van der Waals surface area contributed by atoms with Crippen molar-refractivity contribution in [3.8, 4) is 0 Å². The van der Waals surface area contributed by atoms with Crippen LogP contribution in [0.1, 0.15) is 27.6 Å². The smallest absolute Gasteiger partial charge is 0.337 e. The normalized spacial score (nSPS) is 12.1. The maximum atomic E-state index is 12.8. The van der Waals surface area contributed by atoms with E-state index in [1.165, 1.54) is 51.5 Å². The van der Waals surface area contributed by atoms with Gasteiger partial charge in [-0.15, -0.1) is 0 Å². The van der Waals surface area contributed by atoms with Gasteiger partial charge in [0.15, 0.2) is 0 Å². The van der Waals surface area contributed by atoms with E-state index in [1.807, 2.05) is 12.1 Å². The lowest BCUT2D eigenvalue weighted by Crippen LogP contribution is -2.41. The molecule has 3 aromatic carbocycles. The van der Waals surface area contributed by atoms with Crippen LogP contribution >= 0.6 is 0 Å². The van der Waals surface area contributed by atoms with Crippen LogP contribution in [0.25, 0.3) is 10.8 Å². The minimum Gasteiger partial charge on any atom is -0.465 e. The van der Waals surface area contributed by atoms with Crippen LogP contribution in [0.5, 0.6) is 0 Å². The van der Waals surface area contributed by atoms with Crippen LogP contribution in [0, 0.1) is 0 Å². The fourth-order valence-electron chi connectivity index (χ4n) is 3.11. The Balaban J connectivity index is 1.80. The molecule has 0 radical (unpaired) electrons. The molecule has 33 heavy (non-hydrogen) atoms. The van der Waals surface area contributed by atoms with Crippen LogP contribution in [0.4, 0.5) is 5.69 Å². The number of esters is 2. The third-order valence-corrected chi connectivity index (χ3v) is 6.34. The van der Waals surface area contributed by atoms with E-state index < -0.39 is 33.9 Å². The molecule has 172 valence electrons. The zero-order chi connectivity index (χ0) is 24.2. The van der Waals surface area contributed by atoms with Gasteiger partial charge in [-0.25, -0.2) is 18.0 Å². The largest absolute Gasteiger partial charge is 0.465 e. The van der Waals surface area contributed by atoms with Gasteiger partial charge in [-0.05, 0) is 48.0 Å². The number of amides is 1. The number of carbonyl (C=O) groups excluding carboxylic acids is 3. The molecular formula is C23H22N2O7S. The van der Waals surface area contributed by atoms with Gasteiger partial charge in [-0.2, -0.15) is 4.72 Å². The molecule has 10 heteroatoms. The van der Waals surface area contributed by atoms with Gasteiger partial charge >= 0.3 is 11.9 Å². The van der Waals surface area contributed by atoms with Gasteiger partial charge in [0.05, 0.1) is 36.3 Å². The third-order valence-electron chi connectivity index (χ3n) is 4.80. The van der Waals surface area contributed by atoms with Crippen LogP contribution in [-0.2, 0) is 24.3 Å². The fraction of sp³-hybridized carbons (Fsp3) is 0.174. The molecule has 3 aromatic rings. The van der Waals surface area contributed by atoms with Gasteiger partial charge in [0, 0.05) is 5.69 Å². The predicted octanol–water partition coefficient (Wildman–Crippen LogP) is 2.72.